The van der Waals surface area contributed by atoms with Gasteiger partial charge in [0.25, 0.3) is 0 Å². The third-order valence-electron chi connectivity index (χ3n) is 5.01. The number of carbonyl (C=O) groups is 2. The molecule has 3 fully saturated rings. The summed E-state index contributed by atoms with van der Waals surface area (Å²) in [5.74, 6) is 0.932. The Labute approximate surface area is 120 Å². The highest BCUT2D eigenvalue weighted by atomic mass is 16.2. The molecule has 0 radical (unpaired) electrons. The molecular weight excluding hydrogens is 254 g/mol. The zero-order valence-corrected chi connectivity index (χ0v) is 12.1. The number of piperidine rings is 3. The van der Waals surface area contributed by atoms with E-state index < -0.39 is 0 Å². The van der Waals surface area contributed by atoms with E-state index in [2.05, 4.69) is 10.6 Å². The molecule has 3 heterocycles. The molecule has 0 aromatic carbocycles. The summed E-state index contributed by atoms with van der Waals surface area (Å²) in [6, 6.07) is 0.674. The van der Waals surface area contributed by atoms with Gasteiger partial charge in [0.15, 0.2) is 0 Å². The van der Waals surface area contributed by atoms with Crippen LogP contribution in [0.5, 0.6) is 0 Å². The highest BCUT2D eigenvalue weighted by Gasteiger charge is 2.35. The van der Waals surface area contributed by atoms with Crippen LogP contribution in [-0.2, 0) is 9.59 Å². The molecule has 3 aliphatic heterocycles. The predicted octanol–water partition coefficient (Wildman–Crippen LogP) is 0.646. The van der Waals surface area contributed by atoms with Crippen molar-refractivity contribution < 1.29 is 9.59 Å². The van der Waals surface area contributed by atoms with Crippen molar-refractivity contribution in [1.82, 2.24) is 15.5 Å². The van der Waals surface area contributed by atoms with Crippen LogP contribution in [0.15, 0.2) is 0 Å². The van der Waals surface area contributed by atoms with E-state index in [1.807, 2.05) is 4.90 Å². The standard InChI is InChI=1S/C15H25N3O2/c19-14-5-4-11-10-18(8-6-13(11)17-14)15(20)9-12-3-1-2-7-16-12/h11-13,16H,1-10H2,(H,17,19). The van der Waals surface area contributed by atoms with E-state index in [0.717, 1.165) is 38.9 Å². The number of likely N-dealkylation sites (tertiary alicyclic amines) is 1. The maximum atomic E-state index is 12.4. The van der Waals surface area contributed by atoms with Crippen LogP contribution in [0.25, 0.3) is 0 Å². The number of nitrogens with zero attached hydrogens (tertiary/aromatic N) is 1. The molecule has 3 aliphatic rings. The Bertz CT molecular complexity index is 379. The van der Waals surface area contributed by atoms with Crippen molar-refractivity contribution in [2.24, 2.45) is 5.92 Å². The number of rotatable bonds is 2. The molecule has 2 N–H and O–H groups in total. The molecule has 0 saturated carbocycles. The lowest BCUT2D eigenvalue weighted by molar-refractivity contribution is -0.135. The first-order chi connectivity index (χ1) is 9.72. The Morgan fingerprint density at radius 3 is 2.95 bits per heavy atom. The molecule has 20 heavy (non-hydrogen) atoms. The van der Waals surface area contributed by atoms with Crippen molar-refractivity contribution in [3.8, 4) is 0 Å². The van der Waals surface area contributed by atoms with E-state index in [4.69, 9.17) is 0 Å². The second-order valence-corrected chi connectivity index (χ2v) is 6.45. The van der Waals surface area contributed by atoms with Crippen molar-refractivity contribution in [2.45, 2.75) is 57.0 Å². The maximum Gasteiger partial charge on any atom is 0.224 e. The second-order valence-electron chi connectivity index (χ2n) is 6.45. The smallest absolute Gasteiger partial charge is 0.224 e. The molecular formula is C15H25N3O2. The molecule has 0 aromatic heterocycles. The first kappa shape index (κ1) is 13.9. The molecule has 3 rings (SSSR count). The molecule has 5 nitrogen and oxygen atoms in total. The zero-order chi connectivity index (χ0) is 13.9. The zero-order valence-electron chi connectivity index (χ0n) is 12.1. The molecule has 0 aliphatic carbocycles. The van der Waals surface area contributed by atoms with Crippen LogP contribution in [0.4, 0.5) is 0 Å². The summed E-state index contributed by atoms with van der Waals surface area (Å²) in [5.41, 5.74) is 0. The number of hydrogen-bond acceptors (Lipinski definition) is 3. The van der Waals surface area contributed by atoms with Gasteiger partial charge in [0, 0.05) is 38.0 Å². The fourth-order valence-electron chi connectivity index (χ4n) is 3.77. The summed E-state index contributed by atoms with van der Waals surface area (Å²) < 4.78 is 0. The van der Waals surface area contributed by atoms with E-state index in [1.165, 1.54) is 12.8 Å². The van der Waals surface area contributed by atoms with Gasteiger partial charge in [-0.3, -0.25) is 9.59 Å². The number of hydrogen-bond donors (Lipinski definition) is 2. The van der Waals surface area contributed by atoms with E-state index in [0.29, 0.717) is 36.8 Å². The number of carbonyl (C=O) groups excluding carboxylic acids is 2. The topological polar surface area (TPSA) is 61.4 Å². The SMILES string of the molecule is O=C1CCC2CN(C(=O)CC3CCCCN3)CCC2N1. The third kappa shape index (κ3) is 3.14. The molecule has 0 aromatic rings. The van der Waals surface area contributed by atoms with Gasteiger partial charge in [-0.1, -0.05) is 6.42 Å². The highest BCUT2D eigenvalue weighted by Crippen LogP contribution is 2.26. The van der Waals surface area contributed by atoms with Crippen molar-refractivity contribution in [1.29, 1.82) is 0 Å². The van der Waals surface area contributed by atoms with Gasteiger partial charge in [0.05, 0.1) is 0 Å². The van der Waals surface area contributed by atoms with Crippen molar-refractivity contribution in [2.75, 3.05) is 19.6 Å². The molecule has 3 saturated heterocycles. The Kier molecular flexibility index (Phi) is 4.24. The summed E-state index contributed by atoms with van der Waals surface area (Å²) in [7, 11) is 0. The first-order valence-electron chi connectivity index (χ1n) is 8.03. The number of nitrogens with one attached hydrogen (secondary N) is 2. The monoisotopic (exact) mass is 279 g/mol. The fourth-order valence-corrected chi connectivity index (χ4v) is 3.77. The molecule has 3 atom stereocenters. The van der Waals surface area contributed by atoms with Gasteiger partial charge in [-0.15, -0.1) is 0 Å². The van der Waals surface area contributed by atoms with Crippen molar-refractivity contribution in [3.63, 3.8) is 0 Å². The Morgan fingerprint density at radius 2 is 2.15 bits per heavy atom. The van der Waals surface area contributed by atoms with Crippen molar-refractivity contribution >= 4 is 11.8 Å². The summed E-state index contributed by atoms with van der Waals surface area (Å²) in [5, 5.41) is 6.52. The summed E-state index contributed by atoms with van der Waals surface area (Å²) in [4.78, 5) is 25.8. The van der Waals surface area contributed by atoms with Crippen LogP contribution >= 0.6 is 0 Å². The molecule has 112 valence electrons. The highest BCUT2D eigenvalue weighted by molar-refractivity contribution is 5.78. The maximum absolute atomic E-state index is 12.4. The lowest BCUT2D eigenvalue weighted by atomic mass is 9.85. The van der Waals surface area contributed by atoms with Gasteiger partial charge in [-0.2, -0.15) is 0 Å². The summed E-state index contributed by atoms with van der Waals surface area (Å²) in [6.45, 7) is 2.68. The normalized spacial score (nSPS) is 34.3. The minimum Gasteiger partial charge on any atom is -0.353 e. The average Bonchev–Trinajstić information content (AvgIpc) is 2.47. The molecule has 3 unspecified atom stereocenters. The van der Waals surface area contributed by atoms with Crippen LogP contribution in [0.3, 0.4) is 0 Å². The van der Waals surface area contributed by atoms with Gasteiger partial charge >= 0.3 is 0 Å². The Morgan fingerprint density at radius 1 is 1.25 bits per heavy atom. The van der Waals surface area contributed by atoms with Gasteiger partial charge in [-0.25, -0.2) is 0 Å². The number of fused-ring (bicyclic) bond motifs is 1. The third-order valence-corrected chi connectivity index (χ3v) is 5.01. The Hall–Kier alpha value is -1.10. The predicted molar refractivity (Wildman–Crippen MR) is 76.1 cm³/mol. The van der Waals surface area contributed by atoms with E-state index in [9.17, 15) is 9.59 Å². The van der Waals surface area contributed by atoms with Gasteiger partial charge < -0.3 is 15.5 Å². The molecule has 5 heteroatoms. The van der Waals surface area contributed by atoms with Crippen molar-refractivity contribution in [3.05, 3.63) is 0 Å². The van der Waals surface area contributed by atoms with Crippen LogP contribution < -0.4 is 10.6 Å². The van der Waals surface area contributed by atoms with Crippen LogP contribution in [0, 0.1) is 5.92 Å². The van der Waals surface area contributed by atoms with Crippen LogP contribution in [0.2, 0.25) is 0 Å². The van der Waals surface area contributed by atoms with Gasteiger partial charge in [-0.05, 0) is 38.1 Å². The fraction of sp³-hybridized carbons (Fsp3) is 0.867. The molecule has 0 spiro atoms. The largest absolute Gasteiger partial charge is 0.353 e. The minimum atomic E-state index is 0.178. The second kappa shape index (κ2) is 6.12. The molecule has 0 bridgehead atoms. The van der Waals surface area contributed by atoms with E-state index in [1.54, 1.807) is 0 Å². The van der Waals surface area contributed by atoms with Crippen LogP contribution in [-0.4, -0.2) is 48.4 Å². The average molecular weight is 279 g/mol. The summed E-state index contributed by atoms with van der Waals surface area (Å²) >= 11 is 0. The lowest BCUT2D eigenvalue weighted by Gasteiger charge is -2.41. The van der Waals surface area contributed by atoms with Gasteiger partial charge in [0.1, 0.15) is 0 Å². The Balaban J connectivity index is 1.50. The summed E-state index contributed by atoms with van der Waals surface area (Å²) in [6.07, 6.45) is 6.71. The van der Waals surface area contributed by atoms with Crippen LogP contribution in [0.1, 0.15) is 44.9 Å². The van der Waals surface area contributed by atoms with E-state index >= 15 is 0 Å². The quantitative estimate of drug-likeness (QED) is 0.780. The minimum absolute atomic E-state index is 0.178. The number of amides is 2. The first-order valence-corrected chi connectivity index (χ1v) is 8.03. The molecule has 2 amide bonds. The van der Waals surface area contributed by atoms with Gasteiger partial charge in [0.2, 0.25) is 11.8 Å². The lowest BCUT2D eigenvalue weighted by Crippen LogP contribution is -2.55. The van der Waals surface area contributed by atoms with E-state index in [-0.39, 0.29) is 5.91 Å².